The van der Waals surface area contributed by atoms with Crippen LogP contribution in [0.15, 0.2) is 24.3 Å². The molecule has 1 aliphatic carbocycles. The van der Waals surface area contributed by atoms with Crippen molar-refractivity contribution in [2.24, 2.45) is 0 Å². The number of fused-ring (bicyclic) bond motifs is 3. The van der Waals surface area contributed by atoms with Crippen LogP contribution >= 0.6 is 11.3 Å². The van der Waals surface area contributed by atoms with Crippen molar-refractivity contribution in [2.45, 2.75) is 12.8 Å². The average Bonchev–Trinajstić information content (AvgIpc) is 2.84. The highest BCUT2D eigenvalue weighted by Crippen LogP contribution is 2.44. The number of hydrogen-bond donors (Lipinski definition) is 1. The van der Waals surface area contributed by atoms with E-state index in [0.29, 0.717) is 10.6 Å². The molecule has 1 aromatic heterocycles. The number of nitrogens with zero attached hydrogens (tertiary/aromatic N) is 1. The topological polar surface area (TPSA) is 62.1 Å². The monoisotopic (exact) mass is 298 g/mol. The van der Waals surface area contributed by atoms with E-state index >= 15 is 0 Å². The second-order valence-electron chi connectivity index (χ2n) is 4.85. The summed E-state index contributed by atoms with van der Waals surface area (Å²) in [5.41, 5.74) is 3.91. The number of amides is 1. The van der Waals surface area contributed by atoms with Gasteiger partial charge >= 0.3 is 0 Å². The molecule has 5 heteroatoms. The summed E-state index contributed by atoms with van der Waals surface area (Å²) in [6.07, 6.45) is 1.88. The zero-order valence-corrected chi connectivity index (χ0v) is 12.4. The van der Waals surface area contributed by atoms with Crippen LogP contribution in [0.2, 0.25) is 0 Å². The third kappa shape index (κ3) is 2.44. The number of aryl methyl sites for hydroxylation is 2. The van der Waals surface area contributed by atoms with Crippen molar-refractivity contribution in [3.63, 3.8) is 0 Å². The molecule has 0 saturated carbocycles. The number of ether oxygens (including phenoxy) is 1. The zero-order valence-electron chi connectivity index (χ0n) is 11.6. The van der Waals surface area contributed by atoms with Crippen LogP contribution in [0.3, 0.4) is 0 Å². The summed E-state index contributed by atoms with van der Waals surface area (Å²) in [6, 6.07) is 10.4. The zero-order chi connectivity index (χ0) is 14.8. The maximum Gasteiger partial charge on any atom is 0.250 e. The molecule has 0 atom stereocenters. The molecule has 0 spiro atoms. The first-order valence-electron chi connectivity index (χ1n) is 6.67. The molecule has 1 heterocycles. The number of nitriles is 1. The molecule has 0 bridgehead atoms. The molecule has 3 rings (SSSR count). The molecule has 0 unspecified atom stereocenters. The van der Waals surface area contributed by atoms with Crippen molar-refractivity contribution < 1.29 is 9.53 Å². The van der Waals surface area contributed by atoms with Gasteiger partial charge in [-0.05, 0) is 24.0 Å². The number of rotatable bonds is 3. The first-order valence-corrected chi connectivity index (χ1v) is 7.49. The summed E-state index contributed by atoms with van der Waals surface area (Å²) in [4.78, 5) is 12.9. The van der Waals surface area contributed by atoms with Crippen molar-refractivity contribution in [2.75, 3.05) is 19.0 Å². The molecular formula is C16H14N2O2S. The highest BCUT2D eigenvalue weighted by Gasteiger charge is 2.25. The van der Waals surface area contributed by atoms with Gasteiger partial charge in [-0.25, -0.2) is 0 Å². The number of benzene rings is 1. The summed E-state index contributed by atoms with van der Waals surface area (Å²) in [6.45, 7) is -0.00990. The minimum atomic E-state index is -0.235. The predicted molar refractivity (Wildman–Crippen MR) is 82.4 cm³/mol. The summed E-state index contributed by atoms with van der Waals surface area (Å²) < 4.78 is 4.82. The summed E-state index contributed by atoms with van der Waals surface area (Å²) >= 11 is 1.49. The van der Waals surface area contributed by atoms with Crippen molar-refractivity contribution in [3.8, 4) is 17.2 Å². The summed E-state index contributed by atoms with van der Waals surface area (Å²) in [7, 11) is 1.47. The van der Waals surface area contributed by atoms with Gasteiger partial charge in [0.05, 0.1) is 5.56 Å². The first-order chi connectivity index (χ1) is 10.2. The smallest absolute Gasteiger partial charge is 0.250 e. The third-order valence-corrected chi connectivity index (χ3v) is 4.69. The van der Waals surface area contributed by atoms with Crippen molar-refractivity contribution in [1.29, 1.82) is 5.26 Å². The maximum absolute atomic E-state index is 11.7. The standard InChI is InChI=1S/C16H14N2O2S/c1-20-9-14(19)18-16-12(8-17)15-11-5-3-2-4-10(11)6-7-13(15)21-16/h2-5H,6-7,9H2,1H3,(H,18,19). The van der Waals surface area contributed by atoms with Crippen molar-refractivity contribution >= 4 is 22.2 Å². The quantitative estimate of drug-likeness (QED) is 0.947. The number of nitrogens with one attached hydrogen (secondary N) is 1. The molecule has 1 amide bonds. The molecule has 0 aliphatic heterocycles. The SMILES string of the molecule is COCC(=O)Nc1sc2c(c1C#N)-c1ccccc1CC2. The fraction of sp³-hybridized carbons (Fsp3) is 0.250. The van der Waals surface area contributed by atoms with E-state index in [1.54, 1.807) is 0 Å². The third-order valence-electron chi connectivity index (χ3n) is 3.53. The fourth-order valence-electron chi connectivity index (χ4n) is 2.66. The first kappa shape index (κ1) is 13.8. The molecule has 2 aromatic rings. The van der Waals surface area contributed by atoms with Crippen LogP contribution in [0, 0.1) is 11.3 Å². The number of hydrogen-bond acceptors (Lipinski definition) is 4. The molecule has 106 valence electrons. The predicted octanol–water partition coefficient (Wildman–Crippen LogP) is 2.97. The lowest BCUT2D eigenvalue weighted by Crippen LogP contribution is -2.16. The highest BCUT2D eigenvalue weighted by molar-refractivity contribution is 7.17. The molecular weight excluding hydrogens is 284 g/mol. The number of anilines is 1. The number of carbonyl (C=O) groups excluding carboxylic acids is 1. The Bertz CT molecular complexity index is 743. The van der Waals surface area contributed by atoms with Gasteiger partial charge in [0, 0.05) is 17.6 Å². The van der Waals surface area contributed by atoms with Crippen molar-refractivity contribution in [3.05, 3.63) is 40.3 Å². The lowest BCUT2D eigenvalue weighted by atomic mass is 9.88. The molecule has 0 radical (unpaired) electrons. The van der Waals surface area contributed by atoms with Gasteiger partial charge in [-0.2, -0.15) is 5.26 Å². The fourth-order valence-corrected chi connectivity index (χ4v) is 3.84. The van der Waals surface area contributed by atoms with E-state index in [-0.39, 0.29) is 12.5 Å². The van der Waals surface area contributed by atoms with Gasteiger partial charge in [-0.3, -0.25) is 4.79 Å². The van der Waals surface area contributed by atoms with Crippen LogP contribution in [0.4, 0.5) is 5.00 Å². The van der Waals surface area contributed by atoms with Gasteiger partial charge in [-0.15, -0.1) is 11.3 Å². The Hall–Kier alpha value is -2.16. The van der Waals surface area contributed by atoms with Crippen LogP contribution < -0.4 is 5.32 Å². The average molecular weight is 298 g/mol. The van der Waals surface area contributed by atoms with E-state index in [2.05, 4.69) is 17.5 Å². The van der Waals surface area contributed by atoms with Crippen LogP contribution in [0.25, 0.3) is 11.1 Å². The van der Waals surface area contributed by atoms with Crippen LogP contribution in [-0.2, 0) is 22.4 Å². The van der Waals surface area contributed by atoms with E-state index in [4.69, 9.17) is 4.74 Å². The Morgan fingerprint density at radius 1 is 1.43 bits per heavy atom. The van der Waals surface area contributed by atoms with Crippen LogP contribution in [-0.4, -0.2) is 19.6 Å². The Morgan fingerprint density at radius 3 is 3.00 bits per heavy atom. The van der Waals surface area contributed by atoms with Gasteiger partial charge in [0.2, 0.25) is 0 Å². The lowest BCUT2D eigenvalue weighted by Gasteiger charge is -2.16. The Labute approximate surface area is 127 Å². The second kappa shape index (κ2) is 5.68. The molecule has 4 nitrogen and oxygen atoms in total. The summed E-state index contributed by atoms with van der Waals surface area (Å²) in [5.74, 6) is -0.235. The molecule has 1 N–H and O–H groups in total. The largest absolute Gasteiger partial charge is 0.375 e. The Balaban J connectivity index is 2.07. The second-order valence-corrected chi connectivity index (χ2v) is 5.96. The van der Waals surface area contributed by atoms with Gasteiger partial charge in [0.1, 0.15) is 17.7 Å². The molecule has 21 heavy (non-hydrogen) atoms. The molecule has 1 aliphatic rings. The Morgan fingerprint density at radius 2 is 2.24 bits per heavy atom. The van der Waals surface area contributed by atoms with E-state index in [0.717, 1.165) is 28.8 Å². The van der Waals surface area contributed by atoms with Crippen LogP contribution in [0.1, 0.15) is 16.0 Å². The molecule has 1 aromatic carbocycles. The molecule has 0 saturated heterocycles. The Kier molecular flexibility index (Phi) is 3.74. The highest BCUT2D eigenvalue weighted by atomic mass is 32.1. The number of methoxy groups -OCH3 is 1. The van der Waals surface area contributed by atoms with Gasteiger partial charge in [0.25, 0.3) is 5.91 Å². The van der Waals surface area contributed by atoms with E-state index in [1.165, 1.54) is 24.0 Å². The van der Waals surface area contributed by atoms with E-state index in [1.807, 2.05) is 18.2 Å². The van der Waals surface area contributed by atoms with E-state index < -0.39 is 0 Å². The minimum Gasteiger partial charge on any atom is -0.375 e. The summed E-state index contributed by atoms with van der Waals surface area (Å²) in [5, 5.41) is 12.9. The van der Waals surface area contributed by atoms with Gasteiger partial charge < -0.3 is 10.1 Å². The molecule has 0 fully saturated rings. The van der Waals surface area contributed by atoms with Gasteiger partial charge in [0.15, 0.2) is 0 Å². The normalized spacial score (nSPS) is 12.2. The number of carbonyl (C=O) groups is 1. The number of thiophene rings is 1. The lowest BCUT2D eigenvalue weighted by molar-refractivity contribution is -0.119. The van der Waals surface area contributed by atoms with Crippen LogP contribution in [0.5, 0.6) is 0 Å². The minimum absolute atomic E-state index is 0.00990. The van der Waals surface area contributed by atoms with Gasteiger partial charge in [-0.1, -0.05) is 24.3 Å². The maximum atomic E-state index is 11.7. The van der Waals surface area contributed by atoms with E-state index in [9.17, 15) is 10.1 Å². The van der Waals surface area contributed by atoms with Crippen molar-refractivity contribution in [1.82, 2.24) is 0 Å².